The summed E-state index contributed by atoms with van der Waals surface area (Å²) in [5.74, 6) is 1.66. The number of aryl methyl sites for hydroxylation is 2. The van der Waals surface area contributed by atoms with Crippen molar-refractivity contribution in [1.82, 2.24) is 10.5 Å². The van der Waals surface area contributed by atoms with Crippen LogP contribution in [0.4, 0.5) is 0 Å². The van der Waals surface area contributed by atoms with Crippen LogP contribution in [-0.4, -0.2) is 11.2 Å². The van der Waals surface area contributed by atoms with E-state index in [1.54, 1.807) is 6.20 Å². The molecule has 0 saturated heterocycles. The quantitative estimate of drug-likeness (QED) is 0.877. The Balaban J connectivity index is 2.06. The first-order chi connectivity index (χ1) is 9.56. The summed E-state index contributed by atoms with van der Waals surface area (Å²) in [4.78, 5) is 0. The van der Waals surface area contributed by atoms with Crippen molar-refractivity contribution in [2.75, 3.05) is 0 Å². The number of ether oxygens (including phenoxy) is 1. The predicted molar refractivity (Wildman–Crippen MR) is 78.7 cm³/mol. The molecular weight excluding hydrogens is 252 g/mol. The van der Waals surface area contributed by atoms with Gasteiger partial charge in [-0.05, 0) is 30.5 Å². The van der Waals surface area contributed by atoms with E-state index in [0.29, 0.717) is 12.6 Å². The second kappa shape index (κ2) is 6.57. The molecule has 2 aromatic rings. The van der Waals surface area contributed by atoms with E-state index in [0.717, 1.165) is 29.2 Å². The van der Waals surface area contributed by atoms with Crippen LogP contribution in [0, 0.1) is 13.8 Å². The van der Waals surface area contributed by atoms with Gasteiger partial charge in [-0.15, -0.1) is 0 Å². The molecule has 1 heterocycles. The summed E-state index contributed by atoms with van der Waals surface area (Å²) in [7, 11) is 0. The van der Waals surface area contributed by atoms with E-state index in [2.05, 4.69) is 50.3 Å². The van der Waals surface area contributed by atoms with E-state index in [1.807, 2.05) is 6.07 Å². The van der Waals surface area contributed by atoms with Crippen molar-refractivity contribution in [2.45, 2.75) is 46.9 Å². The molecule has 20 heavy (non-hydrogen) atoms. The summed E-state index contributed by atoms with van der Waals surface area (Å²) >= 11 is 0. The van der Waals surface area contributed by atoms with Gasteiger partial charge in [-0.1, -0.05) is 31.1 Å². The molecule has 4 nitrogen and oxygen atoms in total. The van der Waals surface area contributed by atoms with E-state index < -0.39 is 0 Å². The summed E-state index contributed by atoms with van der Waals surface area (Å²) in [6.07, 6.45) is 1.62. The van der Waals surface area contributed by atoms with Crippen molar-refractivity contribution < 1.29 is 9.26 Å². The average molecular weight is 274 g/mol. The van der Waals surface area contributed by atoms with E-state index in [4.69, 9.17) is 9.26 Å². The zero-order valence-corrected chi connectivity index (χ0v) is 12.6. The van der Waals surface area contributed by atoms with Crippen LogP contribution >= 0.6 is 0 Å². The van der Waals surface area contributed by atoms with Crippen LogP contribution in [-0.2, 0) is 13.2 Å². The predicted octanol–water partition coefficient (Wildman–Crippen LogP) is 3.37. The number of nitrogens with one attached hydrogen (secondary N) is 1. The third-order valence-corrected chi connectivity index (χ3v) is 3.08. The SMILES string of the molecule is Cc1cc(CNC(C)C)cc(C)c1OCc1ccno1. The summed E-state index contributed by atoms with van der Waals surface area (Å²) in [6.45, 7) is 9.72. The molecule has 0 bridgehead atoms. The Bertz CT molecular complexity index is 525. The van der Waals surface area contributed by atoms with Gasteiger partial charge in [0, 0.05) is 18.7 Å². The normalized spacial score (nSPS) is 11.1. The molecule has 1 aromatic heterocycles. The number of hydrogen-bond acceptors (Lipinski definition) is 4. The molecule has 0 amide bonds. The van der Waals surface area contributed by atoms with Crippen LogP contribution in [0.5, 0.6) is 5.75 Å². The number of nitrogens with zero attached hydrogens (tertiary/aromatic N) is 1. The Morgan fingerprint density at radius 2 is 1.95 bits per heavy atom. The Kier molecular flexibility index (Phi) is 4.79. The fraction of sp³-hybridized carbons (Fsp3) is 0.438. The number of hydrogen-bond donors (Lipinski definition) is 1. The van der Waals surface area contributed by atoms with Crippen molar-refractivity contribution in [2.24, 2.45) is 0 Å². The first-order valence-corrected chi connectivity index (χ1v) is 6.92. The van der Waals surface area contributed by atoms with Crippen LogP contribution in [0.2, 0.25) is 0 Å². The summed E-state index contributed by atoms with van der Waals surface area (Å²) in [5, 5.41) is 7.10. The minimum atomic E-state index is 0.408. The maximum Gasteiger partial charge on any atom is 0.174 e. The van der Waals surface area contributed by atoms with Crippen molar-refractivity contribution in [1.29, 1.82) is 0 Å². The van der Waals surface area contributed by atoms with Gasteiger partial charge in [-0.25, -0.2) is 0 Å². The zero-order valence-electron chi connectivity index (χ0n) is 12.6. The van der Waals surface area contributed by atoms with Crippen molar-refractivity contribution >= 4 is 0 Å². The van der Waals surface area contributed by atoms with Gasteiger partial charge in [-0.3, -0.25) is 0 Å². The Labute approximate surface area is 120 Å². The van der Waals surface area contributed by atoms with Gasteiger partial charge in [0.1, 0.15) is 12.4 Å². The lowest BCUT2D eigenvalue weighted by molar-refractivity contribution is 0.246. The first-order valence-electron chi connectivity index (χ1n) is 6.92. The molecule has 1 aromatic carbocycles. The molecule has 4 heteroatoms. The highest BCUT2D eigenvalue weighted by atomic mass is 16.5. The molecule has 0 atom stereocenters. The van der Waals surface area contributed by atoms with Crippen LogP contribution in [0.1, 0.15) is 36.3 Å². The smallest absolute Gasteiger partial charge is 0.174 e. The molecule has 0 saturated carbocycles. The molecule has 108 valence electrons. The van der Waals surface area contributed by atoms with Crippen LogP contribution in [0.25, 0.3) is 0 Å². The van der Waals surface area contributed by atoms with Crippen LogP contribution in [0.15, 0.2) is 28.9 Å². The minimum absolute atomic E-state index is 0.408. The second-order valence-corrected chi connectivity index (χ2v) is 5.36. The third kappa shape index (κ3) is 3.84. The summed E-state index contributed by atoms with van der Waals surface area (Å²) in [5.41, 5.74) is 3.57. The van der Waals surface area contributed by atoms with Gasteiger partial charge in [0.25, 0.3) is 0 Å². The van der Waals surface area contributed by atoms with Gasteiger partial charge < -0.3 is 14.6 Å². The maximum absolute atomic E-state index is 5.84. The summed E-state index contributed by atoms with van der Waals surface area (Å²) < 4.78 is 10.9. The molecule has 0 fully saturated rings. The second-order valence-electron chi connectivity index (χ2n) is 5.36. The monoisotopic (exact) mass is 274 g/mol. The van der Waals surface area contributed by atoms with Crippen molar-refractivity contribution in [3.05, 3.63) is 46.8 Å². The zero-order chi connectivity index (χ0) is 14.5. The van der Waals surface area contributed by atoms with Gasteiger partial charge in [0.15, 0.2) is 5.76 Å². The first kappa shape index (κ1) is 14.6. The lowest BCUT2D eigenvalue weighted by Gasteiger charge is -2.14. The molecule has 0 unspecified atom stereocenters. The van der Waals surface area contributed by atoms with Gasteiger partial charge >= 0.3 is 0 Å². The lowest BCUT2D eigenvalue weighted by Crippen LogP contribution is -2.21. The molecule has 0 spiro atoms. The number of aromatic nitrogens is 1. The molecule has 1 N–H and O–H groups in total. The van der Waals surface area contributed by atoms with E-state index in [1.165, 1.54) is 5.56 Å². The highest BCUT2D eigenvalue weighted by molar-refractivity contribution is 5.43. The standard InChI is InChI=1S/C16H22N2O2/c1-11(2)17-9-14-7-12(3)16(13(4)8-14)19-10-15-5-6-18-20-15/h5-8,11,17H,9-10H2,1-4H3. The Hall–Kier alpha value is -1.81. The molecule has 0 aliphatic rings. The maximum atomic E-state index is 5.84. The fourth-order valence-corrected chi connectivity index (χ4v) is 2.15. The molecule has 0 aliphatic carbocycles. The van der Waals surface area contributed by atoms with Gasteiger partial charge in [-0.2, -0.15) is 0 Å². The highest BCUT2D eigenvalue weighted by Crippen LogP contribution is 2.25. The molecular formula is C16H22N2O2. The highest BCUT2D eigenvalue weighted by Gasteiger charge is 2.08. The summed E-state index contributed by atoms with van der Waals surface area (Å²) in [6, 6.07) is 6.62. The molecule has 0 radical (unpaired) electrons. The number of benzene rings is 1. The van der Waals surface area contributed by atoms with E-state index in [-0.39, 0.29) is 0 Å². The van der Waals surface area contributed by atoms with E-state index in [9.17, 15) is 0 Å². The van der Waals surface area contributed by atoms with Crippen LogP contribution < -0.4 is 10.1 Å². The fourth-order valence-electron chi connectivity index (χ4n) is 2.15. The molecule has 2 rings (SSSR count). The van der Waals surface area contributed by atoms with Crippen molar-refractivity contribution in [3.8, 4) is 5.75 Å². The minimum Gasteiger partial charge on any atom is -0.485 e. The molecule has 0 aliphatic heterocycles. The van der Waals surface area contributed by atoms with Gasteiger partial charge in [0.05, 0.1) is 6.20 Å². The van der Waals surface area contributed by atoms with Crippen molar-refractivity contribution in [3.63, 3.8) is 0 Å². The number of rotatable bonds is 6. The third-order valence-electron chi connectivity index (χ3n) is 3.08. The lowest BCUT2D eigenvalue weighted by atomic mass is 10.1. The Morgan fingerprint density at radius 3 is 2.50 bits per heavy atom. The average Bonchev–Trinajstić information content (AvgIpc) is 2.88. The largest absolute Gasteiger partial charge is 0.485 e. The van der Waals surface area contributed by atoms with Gasteiger partial charge in [0.2, 0.25) is 0 Å². The topological polar surface area (TPSA) is 47.3 Å². The Morgan fingerprint density at radius 1 is 1.25 bits per heavy atom. The van der Waals surface area contributed by atoms with Crippen LogP contribution in [0.3, 0.4) is 0 Å². The van der Waals surface area contributed by atoms with E-state index >= 15 is 0 Å².